The molecule has 0 amide bonds. The number of H-pyrrole nitrogens is 1. The number of aliphatic hydroxyl groups excluding tert-OH is 2. The number of aromatic nitrogens is 2. The zero-order valence-electron chi connectivity index (χ0n) is 19.1. The minimum atomic E-state index is -3.21. The van der Waals surface area contributed by atoms with E-state index in [-0.39, 0.29) is 13.0 Å². The summed E-state index contributed by atoms with van der Waals surface area (Å²) in [5.74, 6) is 0. The van der Waals surface area contributed by atoms with Crippen molar-refractivity contribution in [2.24, 2.45) is 0 Å². The van der Waals surface area contributed by atoms with Crippen LogP contribution in [0.2, 0.25) is 5.04 Å². The van der Waals surface area contributed by atoms with Gasteiger partial charge in [0.05, 0.1) is 12.7 Å². The number of aliphatic hydroxyl groups is 2. The Morgan fingerprint density at radius 3 is 2.00 bits per heavy atom. The predicted octanol–water partition coefficient (Wildman–Crippen LogP) is 0.934. The van der Waals surface area contributed by atoms with E-state index in [9.17, 15) is 19.8 Å². The molecule has 0 spiro atoms. The molecular weight excluding hydrogens is 436 g/mol. The smallest absolute Gasteiger partial charge is 0.330 e. The van der Waals surface area contributed by atoms with E-state index in [2.05, 4.69) is 25.8 Å². The fourth-order valence-corrected chi connectivity index (χ4v) is 12.6. The standard InChI is InChI=1S/C25H30N2O5Si/c1-24(2,3)33(18-10-6-4-7-11-18,19-12-8-5-9-13-19)25(16-20(29)21(17-28)32-25)27-15-14-22(30)26-23(27)31/h4-15,20-21,28-29H,16-17H2,1-3H3,(H,26,30,31)/t20-,21+,25-/m0/s1. The van der Waals surface area contributed by atoms with E-state index in [0.29, 0.717) is 0 Å². The van der Waals surface area contributed by atoms with E-state index in [4.69, 9.17) is 4.74 Å². The lowest BCUT2D eigenvalue weighted by Crippen LogP contribution is -2.79. The van der Waals surface area contributed by atoms with Crippen LogP contribution in [0.25, 0.3) is 0 Å². The Bertz CT molecular complexity index is 1180. The molecule has 7 nitrogen and oxygen atoms in total. The molecule has 174 valence electrons. The van der Waals surface area contributed by atoms with Crippen molar-refractivity contribution < 1.29 is 14.9 Å². The highest BCUT2D eigenvalue weighted by Gasteiger charge is 2.68. The summed E-state index contributed by atoms with van der Waals surface area (Å²) >= 11 is 0. The first-order valence-corrected chi connectivity index (χ1v) is 13.1. The van der Waals surface area contributed by atoms with Gasteiger partial charge in [-0.1, -0.05) is 81.4 Å². The van der Waals surface area contributed by atoms with Crippen LogP contribution in [-0.4, -0.2) is 46.7 Å². The van der Waals surface area contributed by atoms with Crippen LogP contribution in [0, 0.1) is 0 Å². The van der Waals surface area contributed by atoms with Gasteiger partial charge < -0.3 is 14.9 Å². The quantitative estimate of drug-likeness (QED) is 0.486. The molecule has 1 aromatic heterocycles. The first kappa shape index (κ1) is 23.4. The Kier molecular flexibility index (Phi) is 6.04. The topological polar surface area (TPSA) is 105 Å². The van der Waals surface area contributed by atoms with Crippen molar-refractivity contribution in [3.8, 4) is 0 Å². The first-order valence-electron chi connectivity index (χ1n) is 11.1. The Balaban J connectivity index is 2.21. The van der Waals surface area contributed by atoms with Gasteiger partial charge in [-0.3, -0.25) is 14.3 Å². The molecule has 0 unspecified atom stereocenters. The normalized spacial score (nSPS) is 23.5. The Morgan fingerprint density at radius 1 is 1.03 bits per heavy atom. The van der Waals surface area contributed by atoms with Gasteiger partial charge in [0.25, 0.3) is 5.56 Å². The van der Waals surface area contributed by atoms with Crippen molar-refractivity contribution in [1.82, 2.24) is 9.55 Å². The monoisotopic (exact) mass is 466 g/mol. The second-order valence-corrected chi connectivity index (χ2v) is 14.5. The molecule has 3 N–H and O–H groups in total. The lowest BCUT2D eigenvalue weighted by molar-refractivity contribution is -0.0763. The molecule has 3 aromatic rings. The van der Waals surface area contributed by atoms with Gasteiger partial charge in [-0.2, -0.15) is 0 Å². The van der Waals surface area contributed by atoms with E-state index in [1.54, 1.807) is 0 Å². The van der Waals surface area contributed by atoms with E-state index in [1.165, 1.54) is 16.8 Å². The molecule has 1 aliphatic heterocycles. The van der Waals surface area contributed by atoms with E-state index < -0.39 is 41.9 Å². The van der Waals surface area contributed by atoms with Crippen molar-refractivity contribution in [1.29, 1.82) is 0 Å². The molecule has 1 aliphatic rings. The first-order chi connectivity index (χ1) is 15.7. The minimum Gasteiger partial charge on any atom is -0.394 e. The minimum absolute atomic E-state index is 0.0947. The highest BCUT2D eigenvalue weighted by molar-refractivity contribution is 7.05. The summed E-state index contributed by atoms with van der Waals surface area (Å²) in [4.78, 5) is 27.6. The lowest BCUT2D eigenvalue weighted by atomic mass is 10.2. The maximum atomic E-state index is 13.3. The number of nitrogens with zero attached hydrogens (tertiary/aromatic N) is 1. The maximum absolute atomic E-state index is 13.3. The molecule has 0 radical (unpaired) electrons. The number of rotatable bonds is 5. The fourth-order valence-electron chi connectivity index (χ4n) is 5.68. The highest BCUT2D eigenvalue weighted by atomic mass is 28.3. The largest absolute Gasteiger partial charge is 0.394 e. The lowest BCUT2D eigenvalue weighted by Gasteiger charge is -2.54. The van der Waals surface area contributed by atoms with E-state index >= 15 is 0 Å². The van der Waals surface area contributed by atoms with Crippen LogP contribution in [0.3, 0.4) is 0 Å². The zero-order chi connectivity index (χ0) is 23.9. The second kappa shape index (κ2) is 8.53. The molecule has 3 atom stereocenters. The molecule has 0 bridgehead atoms. The molecule has 1 saturated heterocycles. The SMILES string of the molecule is CC(C)(C)[Si](c1ccccc1)(c1ccccc1)[C@]1(n2ccc(=O)[nH]c2=O)C[C@H](O)[C@@H](CO)O1. The van der Waals surface area contributed by atoms with Gasteiger partial charge in [-0.05, 0) is 15.4 Å². The van der Waals surface area contributed by atoms with Crippen LogP contribution in [0.1, 0.15) is 27.2 Å². The fraction of sp³-hybridized carbons (Fsp3) is 0.360. The summed E-state index contributed by atoms with van der Waals surface area (Å²) in [7, 11) is -3.21. The number of ether oxygens (including phenoxy) is 1. The van der Waals surface area contributed by atoms with Crippen molar-refractivity contribution in [3.05, 3.63) is 93.8 Å². The molecule has 33 heavy (non-hydrogen) atoms. The van der Waals surface area contributed by atoms with Crippen molar-refractivity contribution in [2.75, 3.05) is 6.61 Å². The van der Waals surface area contributed by atoms with Gasteiger partial charge in [0.2, 0.25) is 0 Å². The van der Waals surface area contributed by atoms with Crippen LogP contribution < -0.4 is 21.6 Å². The molecule has 0 aliphatic carbocycles. The van der Waals surface area contributed by atoms with Gasteiger partial charge in [-0.15, -0.1) is 0 Å². The second-order valence-electron chi connectivity index (χ2n) is 9.61. The summed E-state index contributed by atoms with van der Waals surface area (Å²) in [5, 5.41) is 21.3. The van der Waals surface area contributed by atoms with Gasteiger partial charge in [0, 0.05) is 18.7 Å². The third-order valence-corrected chi connectivity index (χ3v) is 13.2. The van der Waals surface area contributed by atoms with Crippen LogP contribution >= 0.6 is 0 Å². The molecule has 0 saturated carbocycles. The number of hydrogen-bond donors (Lipinski definition) is 3. The molecule has 1 fully saturated rings. The van der Waals surface area contributed by atoms with E-state index in [1.807, 2.05) is 60.7 Å². The van der Waals surface area contributed by atoms with Crippen LogP contribution in [0.15, 0.2) is 82.5 Å². The predicted molar refractivity (Wildman–Crippen MR) is 130 cm³/mol. The Labute approximate surface area is 193 Å². The van der Waals surface area contributed by atoms with Crippen molar-refractivity contribution in [2.45, 2.75) is 49.8 Å². The number of nitrogens with one attached hydrogen (secondary N) is 1. The molecule has 4 rings (SSSR count). The molecule has 2 aromatic carbocycles. The summed E-state index contributed by atoms with van der Waals surface area (Å²) in [5.41, 5.74) is -1.12. The summed E-state index contributed by atoms with van der Waals surface area (Å²) < 4.78 is 8.06. The van der Waals surface area contributed by atoms with Crippen molar-refractivity contribution in [3.63, 3.8) is 0 Å². The van der Waals surface area contributed by atoms with Crippen LogP contribution in [0.4, 0.5) is 0 Å². The summed E-state index contributed by atoms with van der Waals surface area (Å²) in [6.45, 7) is 5.98. The molecule has 8 heteroatoms. The van der Waals surface area contributed by atoms with Crippen LogP contribution in [0.5, 0.6) is 0 Å². The highest BCUT2D eigenvalue weighted by Crippen LogP contribution is 2.51. The van der Waals surface area contributed by atoms with E-state index in [0.717, 1.165) is 10.4 Å². The Morgan fingerprint density at radius 2 is 1.58 bits per heavy atom. The van der Waals surface area contributed by atoms with Gasteiger partial charge in [0.1, 0.15) is 11.5 Å². The molecular formula is C25H30N2O5Si. The zero-order valence-corrected chi connectivity index (χ0v) is 20.1. The third-order valence-electron chi connectivity index (χ3n) is 6.78. The number of hydrogen-bond acceptors (Lipinski definition) is 5. The maximum Gasteiger partial charge on any atom is 0.330 e. The van der Waals surface area contributed by atoms with Gasteiger partial charge in [-0.25, -0.2) is 4.79 Å². The third kappa shape index (κ3) is 3.54. The summed E-state index contributed by atoms with van der Waals surface area (Å²) in [6.07, 6.45) is -0.314. The number of aromatic amines is 1. The van der Waals surface area contributed by atoms with Gasteiger partial charge >= 0.3 is 5.69 Å². The van der Waals surface area contributed by atoms with Gasteiger partial charge in [0.15, 0.2) is 8.07 Å². The average Bonchev–Trinajstić information content (AvgIpc) is 3.11. The van der Waals surface area contributed by atoms with Crippen molar-refractivity contribution >= 4 is 18.4 Å². The summed E-state index contributed by atoms with van der Waals surface area (Å²) in [6, 6.07) is 21.2. The molecule has 2 heterocycles. The Hall–Kier alpha value is -2.78. The average molecular weight is 467 g/mol. The number of benzene rings is 2. The van der Waals surface area contributed by atoms with Crippen LogP contribution in [-0.2, 0) is 10.1 Å².